The summed E-state index contributed by atoms with van der Waals surface area (Å²) in [4.78, 5) is 12.5. The van der Waals surface area contributed by atoms with Crippen LogP contribution in [-0.2, 0) is 0 Å². The maximum absolute atomic E-state index is 12.5. The van der Waals surface area contributed by atoms with Crippen molar-refractivity contribution in [2.45, 2.75) is 37.7 Å². The molecule has 0 bridgehead atoms. The van der Waals surface area contributed by atoms with Gasteiger partial charge in [-0.1, -0.05) is 12.5 Å². The molecule has 0 saturated carbocycles. The smallest absolute Gasteiger partial charge is 0.422 e. The lowest BCUT2D eigenvalue weighted by atomic mass is 10.0. The number of carbonyl (C=O) groups is 1. The van der Waals surface area contributed by atoms with Crippen molar-refractivity contribution in [3.63, 3.8) is 0 Å². The molecule has 2 rings (SSSR count). The molecule has 12 heteroatoms. The quantitative estimate of drug-likeness (QED) is 0.619. The summed E-state index contributed by atoms with van der Waals surface area (Å²) in [5.41, 5.74) is -0.508. The van der Waals surface area contributed by atoms with Gasteiger partial charge in [0.05, 0.1) is 0 Å². The number of benzene rings is 1. The van der Waals surface area contributed by atoms with Crippen LogP contribution >= 0.6 is 12.4 Å². The van der Waals surface area contributed by atoms with Crippen molar-refractivity contribution < 1.29 is 40.6 Å². The van der Waals surface area contributed by atoms with Crippen LogP contribution in [-0.4, -0.2) is 50.6 Å². The van der Waals surface area contributed by atoms with Crippen LogP contribution in [0.4, 0.5) is 26.3 Å². The number of ether oxygens (including phenoxy) is 2. The Labute approximate surface area is 169 Å². The summed E-state index contributed by atoms with van der Waals surface area (Å²) in [6.07, 6.45) is -6.61. The second-order valence-corrected chi connectivity index (χ2v) is 6.29. The van der Waals surface area contributed by atoms with Gasteiger partial charge in [-0.2, -0.15) is 26.3 Å². The van der Waals surface area contributed by atoms with E-state index in [0.29, 0.717) is 0 Å². The van der Waals surface area contributed by atoms with Crippen LogP contribution in [0.1, 0.15) is 29.6 Å². The van der Waals surface area contributed by atoms with Crippen LogP contribution in [0.15, 0.2) is 18.2 Å². The molecule has 1 aliphatic heterocycles. The molecule has 1 amide bonds. The molecule has 0 radical (unpaired) electrons. The van der Waals surface area contributed by atoms with Gasteiger partial charge in [-0.25, -0.2) is 0 Å². The molecule has 1 fully saturated rings. The first kappa shape index (κ1) is 25.2. The van der Waals surface area contributed by atoms with E-state index in [1.54, 1.807) is 0 Å². The first-order valence-corrected chi connectivity index (χ1v) is 8.59. The summed E-state index contributed by atoms with van der Waals surface area (Å²) in [7, 11) is 0. The first-order chi connectivity index (χ1) is 13.1. The van der Waals surface area contributed by atoms with Crippen molar-refractivity contribution in [2.75, 3.05) is 26.3 Å². The highest BCUT2D eigenvalue weighted by atomic mass is 35.5. The SMILES string of the molecule is Cl.O=C(NCC1CCCCN1)c1c(OCC(F)(F)F)cccc1OCC(F)(F)F. The van der Waals surface area contributed by atoms with E-state index < -0.39 is 48.5 Å². The normalized spacial score (nSPS) is 17.2. The summed E-state index contributed by atoms with van der Waals surface area (Å²) in [5, 5.41) is 5.69. The van der Waals surface area contributed by atoms with Crippen LogP contribution in [0.3, 0.4) is 0 Å². The second-order valence-electron chi connectivity index (χ2n) is 6.29. The van der Waals surface area contributed by atoms with Gasteiger partial charge in [0.15, 0.2) is 13.2 Å². The van der Waals surface area contributed by atoms with Crippen molar-refractivity contribution in [3.8, 4) is 11.5 Å². The molecule has 0 aliphatic carbocycles. The van der Waals surface area contributed by atoms with Crippen LogP contribution in [0.2, 0.25) is 0 Å². The average Bonchev–Trinajstić information content (AvgIpc) is 2.62. The van der Waals surface area contributed by atoms with E-state index in [1.165, 1.54) is 0 Å². The molecule has 1 aliphatic rings. The van der Waals surface area contributed by atoms with Crippen molar-refractivity contribution in [1.29, 1.82) is 0 Å². The molecule has 1 aromatic rings. The first-order valence-electron chi connectivity index (χ1n) is 8.59. The summed E-state index contributed by atoms with van der Waals surface area (Å²) in [6, 6.07) is 3.26. The van der Waals surface area contributed by atoms with Gasteiger partial charge in [-0.3, -0.25) is 4.79 Å². The van der Waals surface area contributed by atoms with Gasteiger partial charge in [0.2, 0.25) is 0 Å². The monoisotopic (exact) mass is 450 g/mol. The Hall–Kier alpha value is -1.88. The van der Waals surface area contributed by atoms with E-state index in [4.69, 9.17) is 0 Å². The van der Waals surface area contributed by atoms with E-state index in [0.717, 1.165) is 44.0 Å². The minimum absolute atomic E-state index is 0. The predicted molar refractivity (Wildman–Crippen MR) is 94.8 cm³/mol. The average molecular weight is 451 g/mol. The molecule has 0 aromatic heterocycles. The van der Waals surface area contributed by atoms with Gasteiger partial charge < -0.3 is 20.1 Å². The Kier molecular flexibility index (Phi) is 9.34. The Balaban J connectivity index is 0.00000420. The number of piperidine rings is 1. The van der Waals surface area contributed by atoms with Crippen LogP contribution < -0.4 is 20.1 Å². The molecule has 29 heavy (non-hydrogen) atoms. The molecular formula is C17H21ClF6N2O3. The topological polar surface area (TPSA) is 59.6 Å². The fraction of sp³-hybridized carbons (Fsp3) is 0.588. The molecule has 1 saturated heterocycles. The summed E-state index contributed by atoms with van der Waals surface area (Å²) in [5.74, 6) is -1.89. The Morgan fingerprint density at radius 3 is 2.03 bits per heavy atom. The number of rotatable bonds is 7. The molecule has 5 nitrogen and oxygen atoms in total. The molecule has 1 aromatic carbocycles. The third-order valence-corrected chi connectivity index (χ3v) is 3.92. The summed E-state index contributed by atoms with van der Waals surface area (Å²) >= 11 is 0. The van der Waals surface area contributed by atoms with Crippen molar-refractivity contribution in [2.24, 2.45) is 0 Å². The zero-order valence-electron chi connectivity index (χ0n) is 15.2. The third kappa shape index (κ3) is 8.99. The van der Waals surface area contributed by atoms with E-state index in [2.05, 4.69) is 20.1 Å². The third-order valence-electron chi connectivity index (χ3n) is 3.92. The van der Waals surface area contributed by atoms with Gasteiger partial charge in [0.25, 0.3) is 5.91 Å². The van der Waals surface area contributed by atoms with Gasteiger partial charge in [-0.15, -0.1) is 12.4 Å². The van der Waals surface area contributed by atoms with Gasteiger partial charge in [0.1, 0.15) is 17.1 Å². The number of halogens is 7. The van der Waals surface area contributed by atoms with E-state index in [9.17, 15) is 31.1 Å². The van der Waals surface area contributed by atoms with Crippen molar-refractivity contribution >= 4 is 18.3 Å². The van der Waals surface area contributed by atoms with E-state index >= 15 is 0 Å². The lowest BCUT2D eigenvalue weighted by molar-refractivity contribution is -0.154. The van der Waals surface area contributed by atoms with E-state index in [1.807, 2.05) is 0 Å². The fourth-order valence-corrected chi connectivity index (χ4v) is 2.70. The van der Waals surface area contributed by atoms with Crippen molar-refractivity contribution in [1.82, 2.24) is 10.6 Å². The molecule has 166 valence electrons. The van der Waals surface area contributed by atoms with Gasteiger partial charge >= 0.3 is 12.4 Å². The number of amides is 1. The highest BCUT2D eigenvalue weighted by Crippen LogP contribution is 2.31. The highest BCUT2D eigenvalue weighted by molar-refractivity contribution is 5.99. The largest absolute Gasteiger partial charge is 0.483 e. The minimum atomic E-state index is -4.68. The molecule has 1 atom stereocenters. The molecule has 2 N–H and O–H groups in total. The Bertz CT molecular complexity index is 627. The number of nitrogens with one attached hydrogen (secondary N) is 2. The standard InChI is InChI=1S/C17H20F6N2O3.ClH/c18-16(19,20)9-27-12-5-3-6-13(28-10-17(21,22)23)14(12)15(26)25-8-11-4-1-2-7-24-11;/h3,5-6,11,24H,1-2,4,7-10H2,(H,25,26);1H. The van der Waals surface area contributed by atoms with Gasteiger partial charge in [0, 0.05) is 12.6 Å². The lowest BCUT2D eigenvalue weighted by Crippen LogP contribution is -2.43. The van der Waals surface area contributed by atoms with E-state index in [-0.39, 0.29) is 25.0 Å². The number of hydrogen-bond donors (Lipinski definition) is 2. The Morgan fingerprint density at radius 1 is 1.03 bits per heavy atom. The number of hydrogen-bond acceptors (Lipinski definition) is 4. The number of alkyl halides is 6. The lowest BCUT2D eigenvalue weighted by Gasteiger charge is -2.24. The maximum Gasteiger partial charge on any atom is 0.422 e. The summed E-state index contributed by atoms with van der Waals surface area (Å²) < 4.78 is 84.0. The second kappa shape index (κ2) is 10.8. The fourth-order valence-electron chi connectivity index (χ4n) is 2.70. The van der Waals surface area contributed by atoms with Gasteiger partial charge in [-0.05, 0) is 31.5 Å². The highest BCUT2D eigenvalue weighted by Gasteiger charge is 2.32. The molecular weight excluding hydrogens is 430 g/mol. The summed E-state index contributed by atoms with van der Waals surface area (Å²) in [6.45, 7) is -2.45. The minimum Gasteiger partial charge on any atom is -0.483 e. The molecule has 1 heterocycles. The van der Waals surface area contributed by atoms with Crippen LogP contribution in [0, 0.1) is 0 Å². The Morgan fingerprint density at radius 2 is 1.59 bits per heavy atom. The maximum atomic E-state index is 12.5. The number of carbonyl (C=O) groups excluding carboxylic acids is 1. The van der Waals surface area contributed by atoms with Crippen LogP contribution in [0.25, 0.3) is 0 Å². The predicted octanol–water partition coefficient (Wildman–Crippen LogP) is 3.86. The molecule has 1 unspecified atom stereocenters. The van der Waals surface area contributed by atoms with Crippen molar-refractivity contribution in [3.05, 3.63) is 23.8 Å². The molecule has 0 spiro atoms. The van der Waals surface area contributed by atoms with Crippen LogP contribution in [0.5, 0.6) is 11.5 Å². The zero-order chi connectivity index (χ0) is 20.8. The zero-order valence-corrected chi connectivity index (χ0v) is 16.0.